The lowest BCUT2D eigenvalue weighted by molar-refractivity contribution is 0.547. The lowest BCUT2D eigenvalue weighted by atomic mass is 10.0. The van der Waals surface area contributed by atoms with Crippen LogP contribution in [-0.4, -0.2) is 24.1 Å². The van der Waals surface area contributed by atoms with Gasteiger partial charge in [0.05, 0.1) is 0 Å². The minimum absolute atomic E-state index is 0.621. The van der Waals surface area contributed by atoms with Crippen molar-refractivity contribution in [2.75, 3.05) is 13.1 Å². The Morgan fingerprint density at radius 1 is 1.20 bits per heavy atom. The molecule has 0 radical (unpaired) electrons. The molecule has 1 unspecified atom stereocenters. The maximum absolute atomic E-state index is 4.25. The molecule has 3 nitrogen and oxygen atoms in total. The summed E-state index contributed by atoms with van der Waals surface area (Å²) in [7, 11) is 0. The second kappa shape index (κ2) is 6.16. The van der Waals surface area contributed by atoms with Gasteiger partial charge in [-0.3, -0.25) is 4.98 Å². The van der Waals surface area contributed by atoms with Crippen LogP contribution in [0.2, 0.25) is 0 Å². The Hall–Kier alpha value is -1.71. The molecule has 0 spiro atoms. The molecule has 1 fully saturated rings. The molecule has 1 atom stereocenters. The van der Waals surface area contributed by atoms with Crippen LogP contribution in [0.15, 0.2) is 42.7 Å². The zero-order valence-electron chi connectivity index (χ0n) is 11.9. The van der Waals surface area contributed by atoms with E-state index in [9.17, 15) is 0 Å². The zero-order chi connectivity index (χ0) is 13.8. The summed E-state index contributed by atoms with van der Waals surface area (Å²) in [6, 6.07) is 11.6. The number of benzene rings is 1. The molecule has 1 aliphatic heterocycles. The van der Waals surface area contributed by atoms with Crippen molar-refractivity contribution in [2.24, 2.45) is 0 Å². The minimum atomic E-state index is 0.621. The molecule has 0 bridgehead atoms. The van der Waals surface area contributed by atoms with Gasteiger partial charge in [-0.05, 0) is 42.6 Å². The van der Waals surface area contributed by atoms with Gasteiger partial charge in [0.25, 0.3) is 0 Å². The van der Waals surface area contributed by atoms with E-state index in [2.05, 4.69) is 52.9 Å². The minimum Gasteiger partial charge on any atom is -0.315 e. The Kier molecular flexibility index (Phi) is 4.09. The van der Waals surface area contributed by atoms with Gasteiger partial charge in [-0.25, -0.2) is 0 Å². The van der Waals surface area contributed by atoms with Crippen molar-refractivity contribution < 1.29 is 0 Å². The molecule has 3 rings (SSSR count). The van der Waals surface area contributed by atoms with Crippen LogP contribution in [0.4, 0.5) is 0 Å². The fraction of sp³-hybridized carbons (Fsp3) is 0.353. The van der Waals surface area contributed by atoms with Crippen LogP contribution in [-0.2, 0) is 6.54 Å². The third kappa shape index (κ3) is 3.24. The Morgan fingerprint density at radius 2 is 2.05 bits per heavy atom. The molecule has 1 saturated heterocycles. The molecule has 0 aliphatic carbocycles. The van der Waals surface area contributed by atoms with E-state index in [-0.39, 0.29) is 0 Å². The van der Waals surface area contributed by atoms with Crippen LogP contribution in [0.5, 0.6) is 0 Å². The fourth-order valence-electron chi connectivity index (χ4n) is 2.62. The second-order valence-electron chi connectivity index (χ2n) is 5.52. The highest BCUT2D eigenvalue weighted by molar-refractivity contribution is 5.63. The van der Waals surface area contributed by atoms with E-state index < -0.39 is 0 Å². The quantitative estimate of drug-likeness (QED) is 0.893. The third-order valence-electron chi connectivity index (χ3n) is 3.82. The average molecular weight is 267 g/mol. The van der Waals surface area contributed by atoms with Gasteiger partial charge >= 0.3 is 0 Å². The van der Waals surface area contributed by atoms with E-state index in [0.717, 1.165) is 19.6 Å². The van der Waals surface area contributed by atoms with Gasteiger partial charge < -0.3 is 10.6 Å². The van der Waals surface area contributed by atoms with Crippen molar-refractivity contribution in [3.05, 3.63) is 53.9 Å². The first-order valence-corrected chi connectivity index (χ1v) is 7.26. The second-order valence-corrected chi connectivity index (χ2v) is 5.52. The number of hydrogen-bond acceptors (Lipinski definition) is 3. The number of aromatic nitrogens is 1. The summed E-state index contributed by atoms with van der Waals surface area (Å²) >= 11 is 0. The maximum Gasteiger partial charge on any atom is 0.0346 e. The predicted molar refractivity (Wildman–Crippen MR) is 82.5 cm³/mol. The summed E-state index contributed by atoms with van der Waals surface area (Å²) < 4.78 is 0. The topological polar surface area (TPSA) is 37.0 Å². The van der Waals surface area contributed by atoms with E-state index in [4.69, 9.17) is 0 Å². The lowest BCUT2D eigenvalue weighted by Crippen LogP contribution is -2.30. The Bertz CT molecular complexity index is 557. The SMILES string of the molecule is Cc1cncc(-c2ccc(CNC3CCNC3)cc2)c1. The molecule has 2 heterocycles. The molecule has 1 aromatic carbocycles. The first-order valence-electron chi connectivity index (χ1n) is 7.26. The van der Waals surface area contributed by atoms with Gasteiger partial charge in [0.15, 0.2) is 0 Å². The largest absolute Gasteiger partial charge is 0.315 e. The summed E-state index contributed by atoms with van der Waals surface area (Å²) in [4.78, 5) is 4.25. The molecular weight excluding hydrogens is 246 g/mol. The monoisotopic (exact) mass is 267 g/mol. The van der Waals surface area contributed by atoms with Crippen LogP contribution in [0.1, 0.15) is 17.5 Å². The summed E-state index contributed by atoms with van der Waals surface area (Å²) in [6.07, 6.45) is 5.04. The molecule has 104 valence electrons. The predicted octanol–water partition coefficient (Wildman–Crippen LogP) is 2.51. The van der Waals surface area contributed by atoms with Crippen LogP contribution < -0.4 is 10.6 Å². The number of rotatable bonds is 4. The van der Waals surface area contributed by atoms with Gasteiger partial charge in [0.1, 0.15) is 0 Å². The summed E-state index contributed by atoms with van der Waals surface area (Å²) in [5, 5.41) is 6.97. The number of hydrogen-bond donors (Lipinski definition) is 2. The molecule has 2 aromatic rings. The molecular formula is C17H21N3. The molecule has 0 saturated carbocycles. The standard InChI is InChI=1S/C17H21N3/c1-13-8-16(11-19-9-13)15-4-2-14(3-5-15)10-20-17-6-7-18-12-17/h2-5,8-9,11,17-18,20H,6-7,10,12H2,1H3. The normalized spacial score (nSPS) is 18.4. The third-order valence-corrected chi connectivity index (χ3v) is 3.82. The Balaban J connectivity index is 1.65. The van der Waals surface area contributed by atoms with Gasteiger partial charge in [-0.1, -0.05) is 24.3 Å². The summed E-state index contributed by atoms with van der Waals surface area (Å²) in [5.41, 5.74) is 4.94. The van der Waals surface area contributed by atoms with Crippen LogP contribution in [0.25, 0.3) is 11.1 Å². The highest BCUT2D eigenvalue weighted by Crippen LogP contribution is 2.19. The van der Waals surface area contributed by atoms with Crippen LogP contribution in [0, 0.1) is 6.92 Å². The van der Waals surface area contributed by atoms with E-state index in [1.165, 1.54) is 28.7 Å². The van der Waals surface area contributed by atoms with Crippen molar-refractivity contribution in [1.29, 1.82) is 0 Å². The van der Waals surface area contributed by atoms with Gasteiger partial charge in [-0.15, -0.1) is 0 Å². The van der Waals surface area contributed by atoms with Crippen molar-refractivity contribution in [1.82, 2.24) is 15.6 Å². The van der Waals surface area contributed by atoms with Crippen LogP contribution >= 0.6 is 0 Å². The Labute approximate surface area is 120 Å². The van der Waals surface area contributed by atoms with E-state index in [1.807, 2.05) is 12.4 Å². The number of nitrogens with zero attached hydrogens (tertiary/aromatic N) is 1. The van der Waals surface area contributed by atoms with Crippen molar-refractivity contribution in [3.63, 3.8) is 0 Å². The van der Waals surface area contributed by atoms with Gasteiger partial charge in [0.2, 0.25) is 0 Å². The van der Waals surface area contributed by atoms with Crippen molar-refractivity contribution in [2.45, 2.75) is 25.9 Å². The number of aryl methyl sites for hydroxylation is 1. The summed E-state index contributed by atoms with van der Waals surface area (Å²) in [6.45, 7) is 5.24. The van der Waals surface area contributed by atoms with Crippen molar-refractivity contribution in [3.8, 4) is 11.1 Å². The molecule has 2 N–H and O–H groups in total. The lowest BCUT2D eigenvalue weighted by Gasteiger charge is -2.11. The molecule has 3 heteroatoms. The molecule has 20 heavy (non-hydrogen) atoms. The van der Waals surface area contributed by atoms with Gasteiger partial charge in [-0.2, -0.15) is 0 Å². The maximum atomic E-state index is 4.25. The molecule has 1 aliphatic rings. The van der Waals surface area contributed by atoms with Crippen molar-refractivity contribution >= 4 is 0 Å². The van der Waals surface area contributed by atoms with E-state index in [0.29, 0.717) is 6.04 Å². The summed E-state index contributed by atoms with van der Waals surface area (Å²) in [5.74, 6) is 0. The highest BCUT2D eigenvalue weighted by atomic mass is 15.0. The smallest absolute Gasteiger partial charge is 0.0346 e. The van der Waals surface area contributed by atoms with Crippen LogP contribution in [0.3, 0.4) is 0 Å². The highest BCUT2D eigenvalue weighted by Gasteiger charge is 2.12. The first kappa shape index (κ1) is 13.3. The Morgan fingerprint density at radius 3 is 2.75 bits per heavy atom. The first-order chi connectivity index (χ1) is 9.81. The number of nitrogens with one attached hydrogen (secondary N) is 2. The average Bonchev–Trinajstić information content (AvgIpc) is 2.99. The number of pyridine rings is 1. The zero-order valence-corrected chi connectivity index (χ0v) is 11.9. The van der Waals surface area contributed by atoms with E-state index in [1.54, 1.807) is 0 Å². The molecule has 0 amide bonds. The van der Waals surface area contributed by atoms with Gasteiger partial charge in [0, 0.05) is 37.1 Å². The fourth-order valence-corrected chi connectivity index (χ4v) is 2.62. The molecule has 1 aromatic heterocycles. The van der Waals surface area contributed by atoms with E-state index >= 15 is 0 Å².